The van der Waals surface area contributed by atoms with Gasteiger partial charge in [-0.25, -0.2) is 18.3 Å². The number of thioether (sulfide) groups is 1. The number of amides is 1. The van der Waals surface area contributed by atoms with Crippen LogP contribution in [0.4, 0.5) is 8.78 Å². The molecule has 4 rings (SSSR count). The van der Waals surface area contributed by atoms with Gasteiger partial charge in [0.05, 0.1) is 0 Å². The second kappa shape index (κ2) is 7.46. The standard InChI is InChI=1S/C19H19F2N5OS/c1-11-9-12(2)26-19(22-11)23-17(24-26)18(27)25-6-5-16(28-8-7-25)14-10-13(20)3-4-15(14)21/h3-4,9-10,16H,5-8H2,1-2H3. The molecule has 9 heteroatoms. The van der Waals surface area contributed by atoms with Crippen molar-refractivity contribution in [2.45, 2.75) is 25.5 Å². The summed E-state index contributed by atoms with van der Waals surface area (Å²) in [6.45, 7) is 4.66. The fraction of sp³-hybridized carbons (Fsp3) is 0.368. The summed E-state index contributed by atoms with van der Waals surface area (Å²) >= 11 is 1.53. The average molecular weight is 403 g/mol. The fourth-order valence-electron chi connectivity index (χ4n) is 3.38. The van der Waals surface area contributed by atoms with Crippen LogP contribution in [-0.2, 0) is 0 Å². The summed E-state index contributed by atoms with van der Waals surface area (Å²) in [7, 11) is 0. The lowest BCUT2D eigenvalue weighted by Gasteiger charge is -2.18. The van der Waals surface area contributed by atoms with Crippen molar-refractivity contribution in [2.24, 2.45) is 0 Å². The third kappa shape index (κ3) is 3.58. The molecule has 0 bridgehead atoms. The highest BCUT2D eigenvalue weighted by molar-refractivity contribution is 7.99. The van der Waals surface area contributed by atoms with E-state index in [-0.39, 0.29) is 17.0 Å². The van der Waals surface area contributed by atoms with E-state index < -0.39 is 11.6 Å². The highest BCUT2D eigenvalue weighted by Crippen LogP contribution is 2.36. The Hall–Kier alpha value is -2.55. The lowest BCUT2D eigenvalue weighted by Crippen LogP contribution is -2.33. The van der Waals surface area contributed by atoms with Gasteiger partial charge in [0, 0.05) is 41.0 Å². The van der Waals surface area contributed by atoms with Crippen LogP contribution in [0.5, 0.6) is 0 Å². The number of hydrogen-bond acceptors (Lipinski definition) is 5. The lowest BCUT2D eigenvalue weighted by molar-refractivity contribution is 0.0754. The van der Waals surface area contributed by atoms with Gasteiger partial charge < -0.3 is 4.90 Å². The first kappa shape index (κ1) is 18.8. The van der Waals surface area contributed by atoms with E-state index in [2.05, 4.69) is 15.1 Å². The lowest BCUT2D eigenvalue weighted by atomic mass is 10.1. The molecule has 6 nitrogen and oxygen atoms in total. The van der Waals surface area contributed by atoms with Crippen LogP contribution in [0.1, 0.15) is 39.2 Å². The summed E-state index contributed by atoms with van der Waals surface area (Å²) in [6, 6.07) is 5.38. The van der Waals surface area contributed by atoms with Crippen molar-refractivity contribution in [3.05, 3.63) is 58.7 Å². The van der Waals surface area contributed by atoms with E-state index in [1.54, 1.807) is 9.42 Å². The van der Waals surface area contributed by atoms with Crippen LogP contribution in [0.15, 0.2) is 24.3 Å². The summed E-state index contributed by atoms with van der Waals surface area (Å²) in [5.41, 5.74) is 2.00. The van der Waals surface area contributed by atoms with Crippen LogP contribution in [-0.4, -0.2) is 49.2 Å². The number of fused-ring (bicyclic) bond motifs is 1. The Morgan fingerprint density at radius 3 is 2.82 bits per heavy atom. The molecule has 2 aromatic heterocycles. The van der Waals surface area contributed by atoms with Crippen LogP contribution in [0.2, 0.25) is 0 Å². The molecule has 0 N–H and O–H groups in total. The van der Waals surface area contributed by atoms with E-state index >= 15 is 0 Å². The Bertz CT molecular complexity index is 1050. The van der Waals surface area contributed by atoms with Gasteiger partial charge in [0.1, 0.15) is 11.6 Å². The maximum Gasteiger partial charge on any atom is 0.293 e. The van der Waals surface area contributed by atoms with Crippen molar-refractivity contribution in [1.29, 1.82) is 0 Å². The minimum atomic E-state index is -0.457. The number of aromatic nitrogens is 4. The van der Waals surface area contributed by atoms with E-state index in [4.69, 9.17) is 0 Å². The van der Waals surface area contributed by atoms with E-state index in [1.807, 2.05) is 19.9 Å². The minimum Gasteiger partial charge on any atom is -0.335 e. The summed E-state index contributed by atoms with van der Waals surface area (Å²) in [5, 5.41) is 4.10. The molecule has 3 heterocycles. The highest BCUT2D eigenvalue weighted by atomic mass is 32.2. The van der Waals surface area contributed by atoms with Crippen molar-refractivity contribution < 1.29 is 13.6 Å². The molecule has 1 aromatic carbocycles. The summed E-state index contributed by atoms with van der Waals surface area (Å²) in [5.74, 6) is -0.0374. The Balaban J connectivity index is 1.53. The minimum absolute atomic E-state index is 0.0987. The van der Waals surface area contributed by atoms with E-state index in [1.165, 1.54) is 17.8 Å². The van der Waals surface area contributed by atoms with Gasteiger partial charge in [-0.1, -0.05) is 0 Å². The van der Waals surface area contributed by atoms with E-state index in [0.717, 1.165) is 23.5 Å². The topological polar surface area (TPSA) is 63.4 Å². The second-order valence-corrected chi connectivity index (χ2v) is 8.10. The van der Waals surface area contributed by atoms with E-state index in [0.29, 0.717) is 36.6 Å². The molecule has 1 saturated heterocycles. The maximum atomic E-state index is 14.1. The highest BCUT2D eigenvalue weighted by Gasteiger charge is 2.27. The zero-order valence-corrected chi connectivity index (χ0v) is 16.3. The molecule has 3 aromatic rings. The number of carbonyl (C=O) groups excluding carboxylic acids is 1. The normalized spacial score (nSPS) is 17.7. The smallest absolute Gasteiger partial charge is 0.293 e. The van der Waals surface area contributed by atoms with Crippen molar-refractivity contribution in [1.82, 2.24) is 24.5 Å². The Labute approximate surface area is 165 Å². The van der Waals surface area contributed by atoms with Gasteiger partial charge in [0.2, 0.25) is 5.82 Å². The van der Waals surface area contributed by atoms with E-state index in [9.17, 15) is 13.6 Å². The Morgan fingerprint density at radius 1 is 1.18 bits per heavy atom. The van der Waals surface area contributed by atoms with Gasteiger partial charge in [-0.05, 0) is 44.5 Å². The van der Waals surface area contributed by atoms with Gasteiger partial charge in [-0.2, -0.15) is 16.7 Å². The molecule has 0 radical (unpaired) electrons. The number of aryl methyl sites for hydroxylation is 2. The molecule has 0 spiro atoms. The second-order valence-electron chi connectivity index (χ2n) is 6.79. The number of benzene rings is 1. The Kier molecular flexibility index (Phi) is 5.01. The molecule has 1 fully saturated rings. The number of carbonyl (C=O) groups is 1. The summed E-state index contributed by atoms with van der Waals surface area (Å²) < 4.78 is 29.2. The fourth-order valence-corrected chi connectivity index (χ4v) is 4.62. The van der Waals surface area contributed by atoms with Gasteiger partial charge in [-0.3, -0.25) is 4.79 Å². The molecule has 1 amide bonds. The Morgan fingerprint density at radius 2 is 2.00 bits per heavy atom. The van der Waals surface area contributed by atoms with Crippen molar-refractivity contribution >= 4 is 23.4 Å². The number of hydrogen-bond donors (Lipinski definition) is 0. The molecule has 1 aliphatic heterocycles. The van der Waals surface area contributed by atoms with Gasteiger partial charge in [-0.15, -0.1) is 5.10 Å². The molecular formula is C19H19F2N5OS. The molecular weight excluding hydrogens is 384 g/mol. The van der Waals surface area contributed by atoms with Crippen LogP contribution in [0, 0.1) is 25.5 Å². The first-order valence-corrected chi connectivity index (χ1v) is 10.0. The molecule has 1 aliphatic rings. The predicted octanol–water partition coefficient (Wildman–Crippen LogP) is 3.34. The molecule has 1 atom stereocenters. The molecule has 146 valence electrons. The molecule has 0 saturated carbocycles. The van der Waals surface area contributed by atoms with Crippen LogP contribution < -0.4 is 0 Å². The van der Waals surface area contributed by atoms with Crippen LogP contribution in [0.25, 0.3) is 5.78 Å². The zero-order chi connectivity index (χ0) is 19.8. The average Bonchev–Trinajstić information content (AvgIpc) is 2.93. The van der Waals surface area contributed by atoms with Crippen molar-refractivity contribution in [3.8, 4) is 0 Å². The maximum absolute atomic E-state index is 14.1. The largest absolute Gasteiger partial charge is 0.335 e. The van der Waals surface area contributed by atoms with Crippen molar-refractivity contribution in [2.75, 3.05) is 18.8 Å². The number of rotatable bonds is 2. The molecule has 1 unspecified atom stereocenters. The SMILES string of the molecule is Cc1cc(C)n2nc(C(=O)N3CCSC(c4cc(F)ccc4F)CC3)nc2n1. The monoisotopic (exact) mass is 403 g/mol. The molecule has 0 aliphatic carbocycles. The van der Waals surface area contributed by atoms with Crippen LogP contribution >= 0.6 is 11.8 Å². The first-order valence-electron chi connectivity index (χ1n) is 8.99. The predicted molar refractivity (Wildman–Crippen MR) is 102 cm³/mol. The van der Waals surface area contributed by atoms with Gasteiger partial charge >= 0.3 is 0 Å². The quantitative estimate of drug-likeness (QED) is 0.657. The van der Waals surface area contributed by atoms with Gasteiger partial charge in [0.15, 0.2) is 0 Å². The van der Waals surface area contributed by atoms with Crippen molar-refractivity contribution in [3.63, 3.8) is 0 Å². The molecule has 28 heavy (non-hydrogen) atoms. The summed E-state index contributed by atoms with van der Waals surface area (Å²) in [6.07, 6.45) is 0.528. The zero-order valence-electron chi connectivity index (χ0n) is 15.5. The number of halogens is 2. The van der Waals surface area contributed by atoms with Crippen LogP contribution in [0.3, 0.4) is 0 Å². The number of nitrogens with zero attached hydrogens (tertiary/aromatic N) is 5. The summed E-state index contributed by atoms with van der Waals surface area (Å²) in [4.78, 5) is 23.2. The third-order valence-corrected chi connectivity index (χ3v) is 6.05. The third-order valence-electron chi connectivity index (χ3n) is 4.74. The van der Waals surface area contributed by atoms with Gasteiger partial charge in [0.25, 0.3) is 11.7 Å². The first-order chi connectivity index (χ1) is 13.4.